The second-order valence-electron chi connectivity index (χ2n) is 4.30. The molecule has 0 aliphatic heterocycles. The third-order valence-corrected chi connectivity index (χ3v) is 2.72. The summed E-state index contributed by atoms with van der Waals surface area (Å²) >= 11 is 0. The number of methoxy groups -OCH3 is 1. The first-order valence-corrected chi connectivity index (χ1v) is 5.60. The maximum atomic E-state index is 5.87. The fourth-order valence-electron chi connectivity index (χ4n) is 1.66. The van der Waals surface area contributed by atoms with Gasteiger partial charge < -0.3 is 15.5 Å². The Hall–Kier alpha value is -1.97. The van der Waals surface area contributed by atoms with Gasteiger partial charge in [0.25, 0.3) is 0 Å². The van der Waals surface area contributed by atoms with E-state index < -0.39 is 0 Å². The molecule has 0 radical (unpaired) electrons. The van der Waals surface area contributed by atoms with Gasteiger partial charge in [0.1, 0.15) is 11.6 Å². The fourth-order valence-corrected chi connectivity index (χ4v) is 1.66. The smallest absolute Gasteiger partial charge is 0.141 e. The van der Waals surface area contributed by atoms with Crippen LogP contribution in [0.25, 0.3) is 11.4 Å². The van der Waals surface area contributed by atoms with Gasteiger partial charge in [-0.25, -0.2) is 4.98 Å². The molecule has 3 N–H and O–H groups in total. The zero-order chi connectivity index (χ0) is 12.4. The number of anilines is 1. The average Bonchev–Trinajstić information content (AvgIpc) is 2.78. The van der Waals surface area contributed by atoms with Crippen molar-refractivity contribution in [1.82, 2.24) is 9.97 Å². The maximum Gasteiger partial charge on any atom is 0.141 e. The number of nitrogen functional groups attached to an aromatic ring is 1. The number of imidazole rings is 1. The van der Waals surface area contributed by atoms with Crippen LogP contribution in [0.1, 0.15) is 25.5 Å². The van der Waals surface area contributed by atoms with Crippen molar-refractivity contribution in [2.24, 2.45) is 0 Å². The lowest BCUT2D eigenvalue weighted by Gasteiger charge is -2.05. The zero-order valence-electron chi connectivity index (χ0n) is 10.3. The minimum absolute atomic E-state index is 0.437. The van der Waals surface area contributed by atoms with E-state index in [1.54, 1.807) is 7.11 Å². The van der Waals surface area contributed by atoms with Crippen molar-refractivity contribution in [2.45, 2.75) is 19.8 Å². The molecule has 0 aliphatic rings. The molecule has 1 aromatic heterocycles. The van der Waals surface area contributed by atoms with Crippen LogP contribution >= 0.6 is 0 Å². The zero-order valence-corrected chi connectivity index (χ0v) is 10.3. The van der Waals surface area contributed by atoms with Gasteiger partial charge in [-0.1, -0.05) is 13.8 Å². The number of H-pyrrole nitrogens is 1. The van der Waals surface area contributed by atoms with Crippen LogP contribution in [0.5, 0.6) is 5.75 Å². The number of benzene rings is 1. The molecular formula is C13H17N3O. The summed E-state index contributed by atoms with van der Waals surface area (Å²) in [7, 11) is 1.61. The summed E-state index contributed by atoms with van der Waals surface area (Å²) in [6, 6.07) is 5.65. The van der Waals surface area contributed by atoms with E-state index in [0.717, 1.165) is 17.1 Å². The van der Waals surface area contributed by atoms with Crippen LogP contribution in [0.3, 0.4) is 0 Å². The molecule has 17 heavy (non-hydrogen) atoms. The van der Waals surface area contributed by atoms with Gasteiger partial charge in [-0.2, -0.15) is 0 Å². The number of aromatic amines is 1. The van der Waals surface area contributed by atoms with Gasteiger partial charge in [-0.15, -0.1) is 0 Å². The Kier molecular flexibility index (Phi) is 3.04. The highest BCUT2D eigenvalue weighted by Crippen LogP contribution is 2.27. The monoisotopic (exact) mass is 231 g/mol. The van der Waals surface area contributed by atoms with E-state index in [-0.39, 0.29) is 0 Å². The number of nitrogens with one attached hydrogen (secondary N) is 1. The predicted octanol–water partition coefficient (Wildman–Crippen LogP) is 2.79. The molecule has 0 atom stereocenters. The number of nitrogens with two attached hydrogens (primary N) is 1. The fraction of sp³-hybridized carbons (Fsp3) is 0.308. The third kappa shape index (κ3) is 2.25. The topological polar surface area (TPSA) is 63.9 Å². The molecule has 0 fully saturated rings. The van der Waals surface area contributed by atoms with Crippen LogP contribution in [0.15, 0.2) is 24.4 Å². The van der Waals surface area contributed by atoms with Crippen molar-refractivity contribution in [1.29, 1.82) is 0 Å². The summed E-state index contributed by atoms with van der Waals surface area (Å²) in [4.78, 5) is 7.64. The Morgan fingerprint density at radius 1 is 1.35 bits per heavy atom. The van der Waals surface area contributed by atoms with Crippen LogP contribution < -0.4 is 10.5 Å². The van der Waals surface area contributed by atoms with Crippen LogP contribution in [-0.2, 0) is 0 Å². The van der Waals surface area contributed by atoms with Gasteiger partial charge in [0, 0.05) is 17.5 Å². The second-order valence-corrected chi connectivity index (χ2v) is 4.30. The standard InChI is InChI=1S/C13H17N3O/c1-8(2)11-7-15-13(16-11)9-4-5-12(17-3)10(14)6-9/h4-8H,14H2,1-3H3,(H,15,16). The molecule has 0 aliphatic carbocycles. The van der Waals surface area contributed by atoms with Gasteiger partial charge in [0.2, 0.25) is 0 Å². The van der Waals surface area contributed by atoms with E-state index in [9.17, 15) is 0 Å². The number of aromatic nitrogens is 2. The lowest BCUT2D eigenvalue weighted by atomic mass is 10.1. The molecule has 0 saturated carbocycles. The first-order valence-electron chi connectivity index (χ1n) is 5.60. The maximum absolute atomic E-state index is 5.87. The molecule has 90 valence electrons. The first-order chi connectivity index (χ1) is 8.11. The van der Waals surface area contributed by atoms with Crippen LogP contribution in [-0.4, -0.2) is 17.1 Å². The molecule has 2 aromatic rings. The quantitative estimate of drug-likeness (QED) is 0.798. The number of rotatable bonds is 3. The van der Waals surface area contributed by atoms with E-state index in [0.29, 0.717) is 17.4 Å². The van der Waals surface area contributed by atoms with Gasteiger partial charge in [0.15, 0.2) is 0 Å². The summed E-state index contributed by atoms with van der Waals surface area (Å²) in [5.74, 6) is 1.96. The second kappa shape index (κ2) is 4.49. The molecule has 0 spiro atoms. The highest BCUT2D eigenvalue weighted by atomic mass is 16.5. The van der Waals surface area contributed by atoms with Crippen LogP contribution in [0.4, 0.5) is 5.69 Å². The lowest BCUT2D eigenvalue weighted by molar-refractivity contribution is 0.417. The molecule has 0 amide bonds. The van der Waals surface area contributed by atoms with Crippen molar-refractivity contribution < 1.29 is 4.74 Å². The lowest BCUT2D eigenvalue weighted by Crippen LogP contribution is -1.93. The molecule has 1 aromatic carbocycles. The minimum atomic E-state index is 0.437. The minimum Gasteiger partial charge on any atom is -0.495 e. The van der Waals surface area contributed by atoms with Crippen LogP contribution in [0, 0.1) is 0 Å². The predicted molar refractivity (Wildman–Crippen MR) is 69.1 cm³/mol. The van der Waals surface area contributed by atoms with E-state index in [2.05, 4.69) is 23.8 Å². The van der Waals surface area contributed by atoms with Crippen molar-refractivity contribution in [2.75, 3.05) is 12.8 Å². The Balaban J connectivity index is 2.36. The first kappa shape index (κ1) is 11.5. The van der Waals surface area contributed by atoms with Crippen molar-refractivity contribution in [3.05, 3.63) is 30.1 Å². The molecule has 2 rings (SSSR count). The number of hydrogen-bond donors (Lipinski definition) is 2. The van der Waals surface area contributed by atoms with E-state index in [1.807, 2.05) is 24.4 Å². The number of nitrogens with zero attached hydrogens (tertiary/aromatic N) is 1. The molecule has 0 saturated heterocycles. The van der Waals surface area contributed by atoms with E-state index in [4.69, 9.17) is 10.5 Å². The summed E-state index contributed by atoms with van der Waals surface area (Å²) in [5.41, 5.74) is 8.57. The Morgan fingerprint density at radius 3 is 2.65 bits per heavy atom. The normalized spacial score (nSPS) is 10.8. The molecule has 0 unspecified atom stereocenters. The molecule has 4 heteroatoms. The number of hydrogen-bond acceptors (Lipinski definition) is 3. The Bertz CT molecular complexity index is 517. The van der Waals surface area contributed by atoms with Gasteiger partial charge in [0.05, 0.1) is 12.8 Å². The summed E-state index contributed by atoms with van der Waals surface area (Å²) in [6.07, 6.45) is 1.86. The van der Waals surface area contributed by atoms with Crippen molar-refractivity contribution in [3.63, 3.8) is 0 Å². The van der Waals surface area contributed by atoms with Gasteiger partial charge in [-0.05, 0) is 24.1 Å². The molecule has 4 nitrogen and oxygen atoms in total. The summed E-state index contributed by atoms with van der Waals surface area (Å²) < 4.78 is 5.12. The summed E-state index contributed by atoms with van der Waals surface area (Å²) in [6.45, 7) is 4.25. The highest BCUT2D eigenvalue weighted by Gasteiger charge is 2.08. The average molecular weight is 231 g/mol. The molecule has 0 bridgehead atoms. The number of ether oxygens (including phenoxy) is 1. The SMILES string of the molecule is COc1ccc(-c2ncc(C(C)C)[nH]2)cc1N. The Labute approximate surface area is 101 Å². The van der Waals surface area contributed by atoms with Gasteiger partial charge >= 0.3 is 0 Å². The van der Waals surface area contributed by atoms with E-state index >= 15 is 0 Å². The van der Waals surface area contributed by atoms with E-state index in [1.165, 1.54) is 0 Å². The van der Waals surface area contributed by atoms with Crippen molar-refractivity contribution in [3.8, 4) is 17.1 Å². The molecular weight excluding hydrogens is 214 g/mol. The Morgan fingerprint density at radius 2 is 2.12 bits per heavy atom. The van der Waals surface area contributed by atoms with Crippen LogP contribution in [0.2, 0.25) is 0 Å². The molecule has 1 heterocycles. The largest absolute Gasteiger partial charge is 0.495 e. The van der Waals surface area contributed by atoms with Crippen molar-refractivity contribution >= 4 is 5.69 Å². The summed E-state index contributed by atoms with van der Waals surface area (Å²) in [5, 5.41) is 0. The third-order valence-electron chi connectivity index (χ3n) is 2.72. The highest BCUT2D eigenvalue weighted by molar-refractivity contribution is 5.66. The van der Waals surface area contributed by atoms with Gasteiger partial charge in [-0.3, -0.25) is 0 Å².